The Hall–Kier alpha value is -0.770. The number of carbonyl (C=O) groups excluding carboxylic acids is 2. The summed E-state index contributed by atoms with van der Waals surface area (Å²) >= 11 is 5.60. The first-order chi connectivity index (χ1) is 6.44. The van der Waals surface area contributed by atoms with Crippen molar-refractivity contribution in [2.45, 2.75) is 20.8 Å². The second kappa shape index (κ2) is 5.86. The normalized spacial score (nSPS) is 10.9. The van der Waals surface area contributed by atoms with Crippen LogP contribution in [-0.4, -0.2) is 30.8 Å². The molecule has 4 nitrogen and oxygen atoms in total. The third-order valence-corrected chi connectivity index (χ3v) is 2.40. The highest BCUT2D eigenvalue weighted by molar-refractivity contribution is 6.19. The molecule has 0 atom stereocenters. The van der Waals surface area contributed by atoms with Crippen LogP contribution in [0, 0.1) is 5.41 Å². The number of hydrogen-bond donors (Lipinski definition) is 2. The number of halogens is 1. The van der Waals surface area contributed by atoms with E-state index in [-0.39, 0.29) is 24.2 Å². The molecule has 0 heterocycles. The first-order valence-corrected chi connectivity index (χ1v) is 5.08. The van der Waals surface area contributed by atoms with Crippen molar-refractivity contribution < 1.29 is 9.59 Å². The topological polar surface area (TPSA) is 58.2 Å². The lowest BCUT2D eigenvalue weighted by molar-refractivity contribution is -0.131. The number of carbonyl (C=O) groups is 2. The van der Waals surface area contributed by atoms with Crippen molar-refractivity contribution in [1.82, 2.24) is 10.6 Å². The van der Waals surface area contributed by atoms with Crippen LogP contribution in [-0.2, 0) is 9.59 Å². The lowest BCUT2D eigenvalue weighted by Crippen LogP contribution is -2.43. The van der Waals surface area contributed by atoms with Crippen molar-refractivity contribution in [2.75, 3.05) is 19.0 Å². The fraction of sp³-hybridized carbons (Fsp3) is 0.778. The standard InChI is InChI=1S/C9H17ClN2O2/c1-4-11-7(13)5-12-8(14)9(2,3)6-10/h4-6H2,1-3H3,(H,11,13)(H,12,14). The molecule has 0 spiro atoms. The molecule has 2 amide bonds. The Bertz CT molecular complexity index is 217. The number of alkyl halides is 1. The van der Waals surface area contributed by atoms with Gasteiger partial charge in [-0.2, -0.15) is 0 Å². The number of likely N-dealkylation sites (N-methyl/N-ethyl adjacent to an activating group) is 1. The highest BCUT2D eigenvalue weighted by atomic mass is 35.5. The molecule has 0 saturated carbocycles. The molecule has 0 radical (unpaired) electrons. The number of amides is 2. The molecule has 0 aromatic heterocycles. The molecule has 0 unspecified atom stereocenters. The van der Waals surface area contributed by atoms with E-state index < -0.39 is 5.41 Å². The smallest absolute Gasteiger partial charge is 0.239 e. The van der Waals surface area contributed by atoms with Gasteiger partial charge in [0, 0.05) is 12.4 Å². The van der Waals surface area contributed by atoms with Crippen molar-refractivity contribution in [3.05, 3.63) is 0 Å². The van der Waals surface area contributed by atoms with E-state index in [2.05, 4.69) is 10.6 Å². The Labute approximate surface area is 89.4 Å². The monoisotopic (exact) mass is 220 g/mol. The Balaban J connectivity index is 3.91. The largest absolute Gasteiger partial charge is 0.355 e. The van der Waals surface area contributed by atoms with E-state index in [1.54, 1.807) is 13.8 Å². The maximum absolute atomic E-state index is 11.4. The van der Waals surface area contributed by atoms with E-state index >= 15 is 0 Å². The zero-order valence-electron chi connectivity index (χ0n) is 8.82. The first kappa shape index (κ1) is 13.2. The predicted molar refractivity (Wildman–Crippen MR) is 56.2 cm³/mol. The fourth-order valence-corrected chi connectivity index (χ4v) is 0.842. The highest BCUT2D eigenvalue weighted by Crippen LogP contribution is 2.16. The Morgan fingerprint density at radius 2 is 1.86 bits per heavy atom. The SMILES string of the molecule is CCNC(=O)CNC(=O)C(C)(C)CCl. The van der Waals surface area contributed by atoms with Crippen LogP contribution in [0.25, 0.3) is 0 Å². The van der Waals surface area contributed by atoms with Gasteiger partial charge in [-0.15, -0.1) is 11.6 Å². The van der Waals surface area contributed by atoms with Gasteiger partial charge < -0.3 is 10.6 Å². The number of rotatable bonds is 5. The van der Waals surface area contributed by atoms with Crippen molar-refractivity contribution in [2.24, 2.45) is 5.41 Å². The Kier molecular flexibility index (Phi) is 5.53. The van der Waals surface area contributed by atoms with E-state index in [1.807, 2.05) is 6.92 Å². The summed E-state index contributed by atoms with van der Waals surface area (Å²) in [6, 6.07) is 0. The molecule has 5 heteroatoms. The lowest BCUT2D eigenvalue weighted by atomic mass is 9.95. The third kappa shape index (κ3) is 4.46. The summed E-state index contributed by atoms with van der Waals surface area (Å²) in [4.78, 5) is 22.4. The third-order valence-electron chi connectivity index (χ3n) is 1.73. The van der Waals surface area contributed by atoms with Gasteiger partial charge in [-0.05, 0) is 20.8 Å². The second-order valence-corrected chi connectivity index (χ2v) is 3.92. The molecule has 2 N–H and O–H groups in total. The molecule has 0 fully saturated rings. The number of nitrogens with one attached hydrogen (secondary N) is 2. The summed E-state index contributed by atoms with van der Waals surface area (Å²) in [5.74, 6) is -0.168. The Morgan fingerprint density at radius 3 is 2.29 bits per heavy atom. The lowest BCUT2D eigenvalue weighted by Gasteiger charge is -2.19. The maximum Gasteiger partial charge on any atom is 0.239 e. The van der Waals surface area contributed by atoms with Gasteiger partial charge in [0.05, 0.1) is 12.0 Å². The van der Waals surface area contributed by atoms with E-state index in [0.29, 0.717) is 6.54 Å². The van der Waals surface area contributed by atoms with E-state index in [1.165, 1.54) is 0 Å². The van der Waals surface area contributed by atoms with Crippen molar-refractivity contribution in [1.29, 1.82) is 0 Å². The van der Waals surface area contributed by atoms with Gasteiger partial charge in [0.15, 0.2) is 0 Å². The number of hydrogen-bond acceptors (Lipinski definition) is 2. The minimum atomic E-state index is -0.631. The van der Waals surface area contributed by atoms with Gasteiger partial charge in [0.2, 0.25) is 11.8 Å². The van der Waals surface area contributed by atoms with Crippen LogP contribution in [0.1, 0.15) is 20.8 Å². The summed E-state index contributed by atoms with van der Waals surface area (Å²) in [6.07, 6.45) is 0. The van der Waals surface area contributed by atoms with Crippen LogP contribution in [0.2, 0.25) is 0 Å². The van der Waals surface area contributed by atoms with Gasteiger partial charge in [0.1, 0.15) is 0 Å². The molecule has 0 rings (SSSR count). The van der Waals surface area contributed by atoms with E-state index in [4.69, 9.17) is 11.6 Å². The van der Waals surface area contributed by atoms with Crippen LogP contribution < -0.4 is 10.6 Å². The zero-order valence-corrected chi connectivity index (χ0v) is 9.57. The second-order valence-electron chi connectivity index (χ2n) is 3.65. The summed E-state index contributed by atoms with van der Waals surface area (Å²) < 4.78 is 0. The van der Waals surface area contributed by atoms with Gasteiger partial charge in [-0.25, -0.2) is 0 Å². The minimum Gasteiger partial charge on any atom is -0.355 e. The average Bonchev–Trinajstić information content (AvgIpc) is 2.14. The summed E-state index contributed by atoms with van der Waals surface area (Å²) in [5, 5.41) is 5.11. The summed E-state index contributed by atoms with van der Waals surface area (Å²) in [7, 11) is 0. The van der Waals surface area contributed by atoms with Gasteiger partial charge in [-0.3, -0.25) is 9.59 Å². The van der Waals surface area contributed by atoms with Gasteiger partial charge in [0.25, 0.3) is 0 Å². The summed E-state index contributed by atoms with van der Waals surface area (Å²) in [6.45, 7) is 5.85. The quantitative estimate of drug-likeness (QED) is 0.664. The molecule has 14 heavy (non-hydrogen) atoms. The molecule has 0 aliphatic heterocycles. The minimum absolute atomic E-state index is 0.00694. The van der Waals surface area contributed by atoms with Crippen molar-refractivity contribution in [3.8, 4) is 0 Å². The zero-order chi connectivity index (χ0) is 11.2. The predicted octanol–water partition coefficient (Wildman–Crippen LogP) is 0.504. The van der Waals surface area contributed by atoms with Crippen molar-refractivity contribution >= 4 is 23.4 Å². The Morgan fingerprint density at radius 1 is 1.29 bits per heavy atom. The van der Waals surface area contributed by atoms with E-state index in [0.717, 1.165) is 0 Å². The average molecular weight is 221 g/mol. The molecule has 0 saturated heterocycles. The van der Waals surface area contributed by atoms with Crippen LogP contribution in [0.3, 0.4) is 0 Å². The molecule has 0 aliphatic rings. The van der Waals surface area contributed by atoms with Crippen LogP contribution >= 0.6 is 11.6 Å². The van der Waals surface area contributed by atoms with Crippen LogP contribution in [0.15, 0.2) is 0 Å². The summed E-state index contributed by atoms with van der Waals surface area (Å²) in [5.41, 5.74) is -0.631. The van der Waals surface area contributed by atoms with Crippen LogP contribution in [0.4, 0.5) is 0 Å². The van der Waals surface area contributed by atoms with E-state index in [9.17, 15) is 9.59 Å². The fourth-order valence-electron chi connectivity index (χ4n) is 0.720. The maximum atomic E-state index is 11.4. The molecule has 0 aromatic rings. The molecule has 0 aliphatic carbocycles. The van der Waals surface area contributed by atoms with Gasteiger partial charge in [-0.1, -0.05) is 0 Å². The highest BCUT2D eigenvalue weighted by Gasteiger charge is 2.26. The molecular formula is C9H17ClN2O2. The van der Waals surface area contributed by atoms with Gasteiger partial charge >= 0.3 is 0 Å². The van der Waals surface area contributed by atoms with Crippen molar-refractivity contribution in [3.63, 3.8) is 0 Å². The van der Waals surface area contributed by atoms with Crippen LogP contribution in [0.5, 0.6) is 0 Å². The first-order valence-electron chi connectivity index (χ1n) is 4.55. The molecule has 82 valence electrons. The molecule has 0 bridgehead atoms. The molecular weight excluding hydrogens is 204 g/mol. The molecule has 0 aromatic carbocycles.